The first-order chi connectivity index (χ1) is 28.8. The highest BCUT2D eigenvalue weighted by molar-refractivity contribution is 6.04. The summed E-state index contributed by atoms with van der Waals surface area (Å²) in [6.07, 6.45) is 1.87. The van der Waals surface area contributed by atoms with Crippen LogP contribution in [0.2, 0.25) is 0 Å². The molecule has 0 amide bonds. The van der Waals surface area contributed by atoms with E-state index in [2.05, 4.69) is 208 Å². The molecule has 0 atom stereocenters. The number of aromatic hydroxyl groups is 1. The summed E-state index contributed by atoms with van der Waals surface area (Å²) in [5.41, 5.74) is 17.5. The van der Waals surface area contributed by atoms with Crippen LogP contribution in [0.5, 0.6) is 5.75 Å². The van der Waals surface area contributed by atoms with Crippen molar-refractivity contribution in [3.63, 3.8) is 0 Å². The number of imidazole rings is 1. The van der Waals surface area contributed by atoms with Gasteiger partial charge < -0.3 is 5.11 Å². The Bertz CT molecular complexity index is 2990. The Kier molecular flexibility index (Phi) is 9.32. The van der Waals surface area contributed by atoms with E-state index in [1.165, 1.54) is 27.8 Å². The van der Waals surface area contributed by atoms with Gasteiger partial charge in [0.25, 0.3) is 0 Å². The molecule has 306 valence electrons. The van der Waals surface area contributed by atoms with Gasteiger partial charge >= 0.3 is 0 Å². The minimum absolute atomic E-state index is 0.0704. The highest BCUT2D eigenvalue weighted by atomic mass is 16.3. The van der Waals surface area contributed by atoms with E-state index < -0.39 is 0 Å². The number of fused-ring (bicyclic) bond motifs is 4. The molecule has 6 aromatic carbocycles. The number of hydrogen-bond donors (Lipinski definition) is 1. The Morgan fingerprint density at radius 1 is 0.525 bits per heavy atom. The maximum atomic E-state index is 12.6. The van der Waals surface area contributed by atoms with Crippen molar-refractivity contribution in [1.29, 1.82) is 0 Å². The van der Waals surface area contributed by atoms with Crippen LogP contribution in [0.4, 0.5) is 0 Å². The number of para-hydroxylation sites is 1. The van der Waals surface area contributed by atoms with Crippen LogP contribution in [0.15, 0.2) is 140 Å². The number of aromatic nitrogens is 3. The predicted molar refractivity (Wildman–Crippen MR) is 256 cm³/mol. The SMILES string of the molecule is CC(C)(C)c1ccc(-n2c(-c3cc(C(C)(C)C)cc(C(C)(C)C)c3O)nc3c(-c4cc(-c5ccccn5)cc5c4-c4ccccc4C5(C)C)cccc32)c(-c2ccccc2)c1. The van der Waals surface area contributed by atoms with Gasteiger partial charge in [0.1, 0.15) is 11.6 Å². The molecule has 2 heterocycles. The molecule has 0 bridgehead atoms. The van der Waals surface area contributed by atoms with Gasteiger partial charge in [0.15, 0.2) is 0 Å². The van der Waals surface area contributed by atoms with Gasteiger partial charge in [0.05, 0.1) is 28.0 Å². The normalized spacial score (nSPS) is 13.7. The molecular weight excluding hydrogens is 743 g/mol. The number of rotatable bonds is 5. The Hall–Kier alpha value is -6.26. The lowest BCUT2D eigenvalue weighted by Crippen LogP contribution is -2.17. The minimum Gasteiger partial charge on any atom is -0.507 e. The van der Waals surface area contributed by atoms with E-state index in [0.717, 1.165) is 66.9 Å². The standard InChI is InChI=1S/C57H57N3O/c1-54(2,3)37-27-28-48(41(32-37)35-20-13-12-14-21-35)60-49-26-19-23-39(51(49)59-53(60)43-33-38(55(4,5)6)34-46(52(43)61)56(7,8)9)42-30-36(47-25-17-18-29-58-47)31-45-50(42)40-22-15-16-24-44(40)57(45,10)11/h12-34,61H,1-11H3. The van der Waals surface area contributed by atoms with Crippen molar-refractivity contribution in [3.8, 4) is 67.5 Å². The van der Waals surface area contributed by atoms with Gasteiger partial charge in [-0.3, -0.25) is 9.55 Å². The smallest absolute Gasteiger partial charge is 0.149 e. The van der Waals surface area contributed by atoms with E-state index in [9.17, 15) is 5.11 Å². The highest BCUT2D eigenvalue weighted by Crippen LogP contribution is 2.54. The van der Waals surface area contributed by atoms with Crippen LogP contribution in [-0.4, -0.2) is 19.6 Å². The molecule has 4 nitrogen and oxygen atoms in total. The summed E-state index contributed by atoms with van der Waals surface area (Å²) >= 11 is 0. The summed E-state index contributed by atoms with van der Waals surface area (Å²) < 4.78 is 2.31. The lowest BCUT2D eigenvalue weighted by atomic mass is 9.79. The van der Waals surface area contributed by atoms with E-state index in [1.807, 2.05) is 12.3 Å². The summed E-state index contributed by atoms with van der Waals surface area (Å²) in [5, 5.41) is 12.6. The van der Waals surface area contributed by atoms with Crippen molar-refractivity contribution in [2.45, 2.75) is 97.8 Å². The van der Waals surface area contributed by atoms with E-state index in [0.29, 0.717) is 5.82 Å². The van der Waals surface area contributed by atoms with Crippen LogP contribution in [0.1, 0.15) is 104 Å². The van der Waals surface area contributed by atoms with E-state index in [-0.39, 0.29) is 27.4 Å². The molecular formula is C57H57N3O. The van der Waals surface area contributed by atoms with Crippen molar-refractivity contribution in [2.75, 3.05) is 0 Å². The fourth-order valence-electron chi connectivity index (χ4n) is 9.31. The summed E-state index contributed by atoms with van der Waals surface area (Å²) in [4.78, 5) is 10.6. The van der Waals surface area contributed by atoms with E-state index >= 15 is 0 Å². The third-order valence-electron chi connectivity index (χ3n) is 12.8. The lowest BCUT2D eigenvalue weighted by Gasteiger charge is -2.28. The van der Waals surface area contributed by atoms with Crippen LogP contribution in [0, 0.1) is 0 Å². The third kappa shape index (κ3) is 6.77. The first-order valence-corrected chi connectivity index (χ1v) is 21.6. The average molecular weight is 800 g/mol. The summed E-state index contributed by atoms with van der Waals surface area (Å²) in [6, 6.07) is 48.1. The number of benzene rings is 6. The first-order valence-electron chi connectivity index (χ1n) is 21.6. The van der Waals surface area contributed by atoms with Crippen LogP contribution in [-0.2, 0) is 21.7 Å². The molecule has 0 radical (unpaired) electrons. The molecule has 4 heteroatoms. The predicted octanol–water partition coefficient (Wildman–Crippen LogP) is 15.0. The average Bonchev–Trinajstić information content (AvgIpc) is 3.72. The van der Waals surface area contributed by atoms with E-state index in [1.54, 1.807) is 0 Å². The molecule has 1 aliphatic carbocycles. The Balaban J connectivity index is 1.44. The Morgan fingerprint density at radius 3 is 1.89 bits per heavy atom. The zero-order valence-corrected chi connectivity index (χ0v) is 37.6. The Morgan fingerprint density at radius 2 is 1.20 bits per heavy atom. The molecule has 0 spiro atoms. The molecule has 0 saturated heterocycles. The van der Waals surface area contributed by atoms with Gasteiger partial charge in [-0.25, -0.2) is 4.98 Å². The van der Waals surface area contributed by atoms with Gasteiger partial charge in [-0.05, 0) is 109 Å². The fourth-order valence-corrected chi connectivity index (χ4v) is 9.31. The molecule has 61 heavy (non-hydrogen) atoms. The molecule has 1 aliphatic rings. The number of nitrogens with zero attached hydrogens (tertiary/aromatic N) is 3. The summed E-state index contributed by atoms with van der Waals surface area (Å²) in [6.45, 7) is 24.7. The fraction of sp³-hybridized carbons (Fsp3) is 0.263. The van der Waals surface area contributed by atoms with Crippen LogP contribution >= 0.6 is 0 Å². The lowest BCUT2D eigenvalue weighted by molar-refractivity contribution is 0.446. The highest BCUT2D eigenvalue weighted by Gasteiger charge is 2.38. The van der Waals surface area contributed by atoms with Crippen molar-refractivity contribution in [2.24, 2.45) is 0 Å². The Labute approximate surface area is 362 Å². The monoisotopic (exact) mass is 799 g/mol. The molecule has 0 fully saturated rings. The molecule has 2 aromatic heterocycles. The van der Waals surface area contributed by atoms with Crippen molar-refractivity contribution >= 4 is 11.0 Å². The van der Waals surface area contributed by atoms with E-state index in [4.69, 9.17) is 9.97 Å². The number of hydrogen-bond acceptors (Lipinski definition) is 3. The van der Waals surface area contributed by atoms with Crippen molar-refractivity contribution < 1.29 is 5.11 Å². The zero-order valence-electron chi connectivity index (χ0n) is 37.6. The van der Waals surface area contributed by atoms with Crippen LogP contribution in [0.25, 0.3) is 72.7 Å². The quantitative estimate of drug-likeness (QED) is 0.189. The molecule has 8 aromatic rings. The largest absolute Gasteiger partial charge is 0.507 e. The van der Waals surface area contributed by atoms with Crippen molar-refractivity contribution in [3.05, 3.63) is 167 Å². The molecule has 0 saturated carbocycles. The van der Waals surface area contributed by atoms with Gasteiger partial charge in [-0.15, -0.1) is 0 Å². The first kappa shape index (κ1) is 40.2. The molecule has 9 rings (SSSR count). The molecule has 0 unspecified atom stereocenters. The summed E-state index contributed by atoms with van der Waals surface area (Å²) in [7, 11) is 0. The number of pyridine rings is 1. The molecule has 0 aliphatic heterocycles. The van der Waals surface area contributed by atoms with Gasteiger partial charge in [0, 0.05) is 33.9 Å². The van der Waals surface area contributed by atoms with Crippen LogP contribution in [0.3, 0.4) is 0 Å². The summed E-state index contributed by atoms with van der Waals surface area (Å²) in [5.74, 6) is 0.968. The zero-order chi connectivity index (χ0) is 43.2. The second-order valence-corrected chi connectivity index (χ2v) is 20.5. The topological polar surface area (TPSA) is 50.9 Å². The van der Waals surface area contributed by atoms with Gasteiger partial charge in [-0.2, -0.15) is 0 Å². The van der Waals surface area contributed by atoms with Crippen LogP contribution < -0.4 is 0 Å². The maximum absolute atomic E-state index is 12.6. The molecule has 1 N–H and O–H groups in total. The number of phenols is 1. The second-order valence-electron chi connectivity index (χ2n) is 20.5. The van der Waals surface area contributed by atoms with Crippen molar-refractivity contribution in [1.82, 2.24) is 14.5 Å². The maximum Gasteiger partial charge on any atom is 0.149 e. The third-order valence-corrected chi connectivity index (χ3v) is 12.8. The number of phenolic OH excluding ortho intramolecular Hbond substituents is 1. The second kappa shape index (κ2) is 14.2. The van der Waals surface area contributed by atoms with Gasteiger partial charge in [0.2, 0.25) is 0 Å². The van der Waals surface area contributed by atoms with Gasteiger partial charge in [-0.1, -0.05) is 161 Å². The minimum atomic E-state index is -0.321.